The quantitative estimate of drug-likeness (QED) is 0.298. The SMILES string of the molecule is O=C(CC1CCc2ccccc2N1S(=O)(=O)c1cccc(C(F)(F)F)c1)N[C@@H]1CCCc2cc(CNCC3CC3)ccc21. The second kappa shape index (κ2) is 12.0. The molecule has 1 unspecified atom stereocenters. The van der Waals surface area contributed by atoms with Crippen LogP contribution in [0.1, 0.15) is 72.4 Å². The predicted octanol–water partition coefficient (Wildman–Crippen LogP) is 6.30. The van der Waals surface area contributed by atoms with Crippen molar-refractivity contribution < 1.29 is 26.4 Å². The summed E-state index contributed by atoms with van der Waals surface area (Å²) >= 11 is 0. The van der Waals surface area contributed by atoms with Crippen molar-refractivity contribution in [1.29, 1.82) is 0 Å². The summed E-state index contributed by atoms with van der Waals surface area (Å²) in [5, 5.41) is 6.67. The third-order valence-corrected chi connectivity index (χ3v) is 10.6. The van der Waals surface area contributed by atoms with Crippen molar-refractivity contribution in [2.24, 2.45) is 5.92 Å². The first-order valence-electron chi connectivity index (χ1n) is 15.0. The van der Waals surface area contributed by atoms with Crippen LogP contribution in [-0.2, 0) is 40.4 Å². The molecule has 2 aliphatic carbocycles. The molecule has 0 bridgehead atoms. The molecular formula is C33H36F3N3O3S. The van der Waals surface area contributed by atoms with E-state index in [1.165, 1.54) is 30.0 Å². The van der Waals surface area contributed by atoms with Gasteiger partial charge in [0.25, 0.3) is 10.0 Å². The van der Waals surface area contributed by atoms with Crippen molar-refractivity contribution in [2.45, 2.75) is 81.1 Å². The van der Waals surface area contributed by atoms with Gasteiger partial charge in [-0.1, -0.05) is 42.5 Å². The maximum atomic E-state index is 13.9. The van der Waals surface area contributed by atoms with E-state index in [0.29, 0.717) is 24.6 Å². The van der Waals surface area contributed by atoms with Crippen LogP contribution >= 0.6 is 0 Å². The molecular weight excluding hydrogens is 575 g/mol. The lowest BCUT2D eigenvalue weighted by Gasteiger charge is -2.38. The molecule has 6 rings (SSSR count). The second-order valence-corrected chi connectivity index (χ2v) is 13.8. The van der Waals surface area contributed by atoms with Crippen molar-refractivity contribution in [3.63, 3.8) is 0 Å². The minimum Gasteiger partial charge on any atom is -0.349 e. The zero-order chi connectivity index (χ0) is 30.2. The van der Waals surface area contributed by atoms with Crippen LogP contribution in [0.4, 0.5) is 18.9 Å². The molecule has 3 aromatic carbocycles. The van der Waals surface area contributed by atoms with Gasteiger partial charge in [0.15, 0.2) is 0 Å². The average Bonchev–Trinajstić information content (AvgIpc) is 3.81. The van der Waals surface area contributed by atoms with Crippen molar-refractivity contribution in [2.75, 3.05) is 10.8 Å². The number of aryl methyl sites for hydroxylation is 2. The average molecular weight is 612 g/mol. The molecule has 1 aliphatic heterocycles. The van der Waals surface area contributed by atoms with Gasteiger partial charge >= 0.3 is 6.18 Å². The monoisotopic (exact) mass is 611 g/mol. The molecule has 10 heteroatoms. The lowest BCUT2D eigenvalue weighted by Crippen LogP contribution is -2.46. The number of carbonyl (C=O) groups is 1. The number of amides is 1. The van der Waals surface area contributed by atoms with Crippen molar-refractivity contribution in [3.05, 3.63) is 94.5 Å². The Morgan fingerprint density at radius 2 is 1.72 bits per heavy atom. The summed E-state index contributed by atoms with van der Waals surface area (Å²) in [4.78, 5) is 13.0. The number of fused-ring (bicyclic) bond motifs is 2. The van der Waals surface area contributed by atoms with Crippen LogP contribution in [0.3, 0.4) is 0 Å². The van der Waals surface area contributed by atoms with Gasteiger partial charge in [0.1, 0.15) is 0 Å². The highest BCUT2D eigenvalue weighted by molar-refractivity contribution is 7.92. The highest BCUT2D eigenvalue weighted by atomic mass is 32.2. The van der Waals surface area contributed by atoms with E-state index in [1.807, 2.05) is 6.07 Å². The molecule has 3 aliphatic rings. The molecule has 43 heavy (non-hydrogen) atoms. The Bertz CT molecular complexity index is 1600. The fourth-order valence-electron chi connectivity index (χ4n) is 6.37. The van der Waals surface area contributed by atoms with Gasteiger partial charge in [-0.15, -0.1) is 0 Å². The minimum atomic E-state index is -4.69. The molecule has 0 spiro atoms. The van der Waals surface area contributed by atoms with Gasteiger partial charge < -0.3 is 10.6 Å². The van der Waals surface area contributed by atoms with Gasteiger partial charge in [0, 0.05) is 13.0 Å². The van der Waals surface area contributed by atoms with Crippen LogP contribution in [0.25, 0.3) is 0 Å². The van der Waals surface area contributed by atoms with Crippen molar-refractivity contribution in [1.82, 2.24) is 10.6 Å². The van der Waals surface area contributed by atoms with Crippen LogP contribution in [0, 0.1) is 5.92 Å². The predicted molar refractivity (Wildman–Crippen MR) is 159 cm³/mol. The van der Waals surface area contributed by atoms with E-state index in [2.05, 4.69) is 28.8 Å². The number of para-hydroxylation sites is 1. The summed E-state index contributed by atoms with van der Waals surface area (Å²) in [6.07, 6.45) is 1.44. The van der Waals surface area contributed by atoms with Crippen LogP contribution in [0.5, 0.6) is 0 Å². The summed E-state index contributed by atoms with van der Waals surface area (Å²) in [7, 11) is -4.40. The highest BCUT2D eigenvalue weighted by Gasteiger charge is 2.39. The first-order valence-corrected chi connectivity index (χ1v) is 16.4. The molecule has 1 fully saturated rings. The molecule has 6 nitrogen and oxygen atoms in total. The maximum Gasteiger partial charge on any atom is 0.416 e. The van der Waals surface area contributed by atoms with E-state index in [1.54, 1.807) is 18.2 Å². The Kier molecular flexibility index (Phi) is 8.26. The van der Waals surface area contributed by atoms with E-state index < -0.39 is 32.7 Å². The van der Waals surface area contributed by atoms with Gasteiger partial charge in [-0.05, 0) is 104 Å². The zero-order valence-electron chi connectivity index (χ0n) is 23.9. The maximum absolute atomic E-state index is 13.9. The summed E-state index contributed by atoms with van der Waals surface area (Å²) in [5.74, 6) is 0.535. The van der Waals surface area contributed by atoms with Gasteiger partial charge in [0.2, 0.25) is 5.91 Å². The Morgan fingerprint density at radius 3 is 2.51 bits per heavy atom. The number of alkyl halides is 3. The lowest BCUT2D eigenvalue weighted by atomic mass is 9.86. The first-order chi connectivity index (χ1) is 20.6. The standard InChI is InChI=1S/C33H36F3N3O3S/c34-33(35,36)26-7-4-8-28(18-26)43(41,42)39-27(15-14-24-5-1-2-10-31(24)39)19-32(40)38-30-9-3-6-25-17-23(13-16-29(25)30)21-37-20-22-11-12-22/h1-2,4-5,7-8,10,13,16-18,22,27,30,37H,3,6,9,11-12,14-15,19-21H2,(H,38,40)/t27?,30-/m1/s1. The number of benzene rings is 3. The van der Waals surface area contributed by atoms with Crippen LogP contribution in [0.2, 0.25) is 0 Å². The van der Waals surface area contributed by atoms with Crippen LogP contribution in [-0.4, -0.2) is 26.9 Å². The van der Waals surface area contributed by atoms with E-state index in [4.69, 9.17) is 0 Å². The Balaban J connectivity index is 1.21. The van der Waals surface area contributed by atoms with Gasteiger partial charge in [-0.25, -0.2) is 8.42 Å². The summed E-state index contributed by atoms with van der Waals surface area (Å²) in [6.45, 7) is 1.86. The molecule has 1 heterocycles. The van der Waals surface area contributed by atoms with Gasteiger partial charge in [-0.3, -0.25) is 9.10 Å². The molecule has 0 radical (unpaired) electrons. The number of hydrogen-bond acceptors (Lipinski definition) is 4. The fraction of sp³-hybridized carbons (Fsp3) is 0.424. The number of nitrogens with zero attached hydrogens (tertiary/aromatic N) is 1. The smallest absolute Gasteiger partial charge is 0.349 e. The van der Waals surface area contributed by atoms with E-state index in [9.17, 15) is 26.4 Å². The normalized spacial score (nSPS) is 20.3. The van der Waals surface area contributed by atoms with Crippen molar-refractivity contribution in [3.8, 4) is 0 Å². The van der Waals surface area contributed by atoms with E-state index >= 15 is 0 Å². The minimum absolute atomic E-state index is 0.0957. The highest BCUT2D eigenvalue weighted by Crippen LogP contribution is 2.38. The first kappa shape index (κ1) is 29.7. The molecule has 228 valence electrons. The number of rotatable bonds is 9. The molecule has 1 saturated carbocycles. The summed E-state index contributed by atoms with van der Waals surface area (Å²) < 4.78 is 69.4. The number of hydrogen-bond donors (Lipinski definition) is 2. The van der Waals surface area contributed by atoms with Crippen LogP contribution < -0.4 is 14.9 Å². The molecule has 3 aromatic rings. The Labute approximate surface area is 250 Å². The largest absolute Gasteiger partial charge is 0.416 e. The van der Waals surface area contributed by atoms with Gasteiger partial charge in [-0.2, -0.15) is 13.2 Å². The third kappa shape index (κ3) is 6.60. The lowest BCUT2D eigenvalue weighted by molar-refractivity contribution is -0.137. The second-order valence-electron chi connectivity index (χ2n) is 12.0. The van der Waals surface area contributed by atoms with Gasteiger partial charge in [0.05, 0.1) is 28.2 Å². The Hall–Kier alpha value is -3.37. The van der Waals surface area contributed by atoms with E-state index in [0.717, 1.165) is 65.8 Å². The van der Waals surface area contributed by atoms with E-state index in [-0.39, 0.29) is 18.4 Å². The molecule has 1 amide bonds. The Morgan fingerprint density at radius 1 is 0.907 bits per heavy atom. The van der Waals surface area contributed by atoms with Crippen LogP contribution in [0.15, 0.2) is 71.6 Å². The summed E-state index contributed by atoms with van der Waals surface area (Å²) in [6, 6.07) is 16.3. The number of carbonyl (C=O) groups excluding carboxylic acids is 1. The molecule has 0 aromatic heterocycles. The molecule has 0 saturated heterocycles. The molecule has 2 atom stereocenters. The number of nitrogens with one attached hydrogen (secondary N) is 2. The molecule has 2 N–H and O–H groups in total. The fourth-order valence-corrected chi connectivity index (χ4v) is 8.13. The zero-order valence-corrected chi connectivity index (χ0v) is 24.7. The topological polar surface area (TPSA) is 78.5 Å². The van der Waals surface area contributed by atoms with Crippen molar-refractivity contribution >= 4 is 21.6 Å². The number of anilines is 1. The third-order valence-electron chi connectivity index (χ3n) is 8.76. The number of halogens is 3. The number of sulfonamides is 1. The summed E-state index contributed by atoms with van der Waals surface area (Å²) in [5.41, 5.74) is 3.68.